The highest BCUT2D eigenvalue weighted by molar-refractivity contribution is 7.19. The van der Waals surface area contributed by atoms with Crippen molar-refractivity contribution >= 4 is 45.0 Å². The van der Waals surface area contributed by atoms with Crippen LogP contribution in [0.15, 0.2) is 29.6 Å². The highest BCUT2D eigenvalue weighted by Gasteiger charge is 2.03. The summed E-state index contributed by atoms with van der Waals surface area (Å²) >= 11 is 3.49. The van der Waals surface area contributed by atoms with Gasteiger partial charge in [-0.2, -0.15) is 0 Å². The fourth-order valence-corrected chi connectivity index (χ4v) is 3.38. The lowest BCUT2D eigenvalue weighted by Gasteiger charge is -1.96. The maximum atomic E-state index is 4.65. The summed E-state index contributed by atoms with van der Waals surface area (Å²) < 4.78 is 1.27. The molecule has 0 atom stereocenters. The Morgan fingerprint density at radius 3 is 2.72 bits per heavy atom. The highest BCUT2D eigenvalue weighted by atomic mass is 32.1. The Hall–Kier alpha value is -1.45. The summed E-state index contributed by atoms with van der Waals surface area (Å²) in [5.41, 5.74) is 3.75. The van der Waals surface area contributed by atoms with Crippen molar-refractivity contribution in [2.75, 3.05) is 0 Å². The molecule has 3 rings (SSSR count). The summed E-state index contributed by atoms with van der Waals surface area (Å²) in [5, 5.41) is 3.16. The molecule has 0 saturated carbocycles. The Labute approximate surface area is 114 Å². The second-order valence-corrected chi connectivity index (χ2v) is 6.35. The van der Waals surface area contributed by atoms with Gasteiger partial charge in [-0.3, -0.25) is 0 Å². The van der Waals surface area contributed by atoms with Crippen LogP contribution in [0.1, 0.15) is 21.0 Å². The molecule has 3 aromatic rings. The van der Waals surface area contributed by atoms with E-state index in [1.54, 1.807) is 22.7 Å². The van der Waals surface area contributed by atoms with E-state index in [2.05, 4.69) is 60.6 Å². The summed E-state index contributed by atoms with van der Waals surface area (Å²) in [6.45, 7) is 4.28. The number of hydrogen-bond donors (Lipinski definition) is 0. The molecule has 3 heteroatoms. The third-order valence-electron chi connectivity index (χ3n) is 2.95. The minimum Gasteiger partial charge on any atom is -0.237 e. The Kier molecular flexibility index (Phi) is 3.02. The van der Waals surface area contributed by atoms with E-state index in [9.17, 15) is 0 Å². The monoisotopic (exact) mass is 271 g/mol. The zero-order valence-corrected chi connectivity index (χ0v) is 11.9. The van der Waals surface area contributed by atoms with E-state index >= 15 is 0 Å². The van der Waals surface area contributed by atoms with Crippen molar-refractivity contribution in [3.8, 4) is 0 Å². The molecule has 1 aromatic carbocycles. The van der Waals surface area contributed by atoms with Crippen molar-refractivity contribution in [1.82, 2.24) is 4.98 Å². The Bertz CT molecular complexity index is 667. The molecule has 0 fully saturated rings. The summed E-state index contributed by atoms with van der Waals surface area (Å²) in [6.07, 6.45) is 4.23. The van der Waals surface area contributed by atoms with Crippen LogP contribution in [0.3, 0.4) is 0 Å². The average Bonchev–Trinajstić information content (AvgIpc) is 2.96. The van der Waals surface area contributed by atoms with Crippen molar-refractivity contribution < 1.29 is 0 Å². The average molecular weight is 271 g/mol. The largest absolute Gasteiger partial charge is 0.237 e. The second kappa shape index (κ2) is 4.67. The first kappa shape index (κ1) is 11.6. The minimum absolute atomic E-state index is 1.07. The first-order valence-corrected chi connectivity index (χ1v) is 7.51. The molecule has 0 aliphatic rings. The molecule has 0 amide bonds. The molecule has 0 radical (unpaired) electrons. The van der Waals surface area contributed by atoms with E-state index in [0.717, 1.165) is 10.5 Å². The third-order valence-corrected chi connectivity index (χ3v) is 4.77. The standard InChI is InChI=1S/C15H13NS2/c1-10-8-13-14(9-11(10)2)18-15(16-13)6-5-12-4-3-7-17-12/h3-9H,1-2H3. The van der Waals surface area contributed by atoms with Gasteiger partial charge in [-0.25, -0.2) is 4.98 Å². The van der Waals surface area contributed by atoms with Gasteiger partial charge < -0.3 is 0 Å². The van der Waals surface area contributed by atoms with E-state index in [-0.39, 0.29) is 0 Å². The van der Waals surface area contributed by atoms with Crippen LogP contribution in [0.25, 0.3) is 22.4 Å². The number of benzene rings is 1. The molecule has 2 aromatic heterocycles. The van der Waals surface area contributed by atoms with Crippen LogP contribution in [0.5, 0.6) is 0 Å². The van der Waals surface area contributed by atoms with Crippen LogP contribution >= 0.6 is 22.7 Å². The van der Waals surface area contributed by atoms with Gasteiger partial charge in [-0.05, 0) is 60.7 Å². The molecule has 1 nitrogen and oxygen atoms in total. The van der Waals surface area contributed by atoms with Gasteiger partial charge in [0, 0.05) is 4.88 Å². The maximum absolute atomic E-state index is 4.65. The lowest BCUT2D eigenvalue weighted by atomic mass is 10.1. The molecule has 0 saturated heterocycles. The van der Waals surface area contributed by atoms with Gasteiger partial charge in [0.15, 0.2) is 0 Å². The second-order valence-electron chi connectivity index (χ2n) is 4.31. The topological polar surface area (TPSA) is 12.9 Å². The van der Waals surface area contributed by atoms with E-state index < -0.39 is 0 Å². The highest BCUT2D eigenvalue weighted by Crippen LogP contribution is 2.26. The number of fused-ring (bicyclic) bond motifs is 1. The zero-order chi connectivity index (χ0) is 12.5. The van der Waals surface area contributed by atoms with Crippen LogP contribution in [-0.4, -0.2) is 4.98 Å². The predicted octanol–water partition coefficient (Wildman–Crippen LogP) is 5.15. The van der Waals surface area contributed by atoms with Crippen molar-refractivity contribution in [1.29, 1.82) is 0 Å². The van der Waals surface area contributed by atoms with Crippen molar-refractivity contribution in [3.05, 3.63) is 50.7 Å². The number of thiazole rings is 1. The Morgan fingerprint density at radius 2 is 1.94 bits per heavy atom. The minimum atomic E-state index is 1.07. The van der Waals surface area contributed by atoms with Gasteiger partial charge in [0.05, 0.1) is 10.2 Å². The fourth-order valence-electron chi connectivity index (χ4n) is 1.81. The molecule has 0 spiro atoms. The van der Waals surface area contributed by atoms with Crippen molar-refractivity contribution in [2.45, 2.75) is 13.8 Å². The number of hydrogen-bond acceptors (Lipinski definition) is 3. The molecular weight excluding hydrogens is 258 g/mol. The van der Waals surface area contributed by atoms with Gasteiger partial charge in [-0.1, -0.05) is 6.07 Å². The smallest absolute Gasteiger partial charge is 0.117 e. The molecule has 90 valence electrons. The van der Waals surface area contributed by atoms with Crippen LogP contribution in [0.2, 0.25) is 0 Å². The number of thiophene rings is 1. The molecule has 0 N–H and O–H groups in total. The lowest BCUT2D eigenvalue weighted by Crippen LogP contribution is -1.79. The van der Waals surface area contributed by atoms with Crippen LogP contribution in [-0.2, 0) is 0 Å². The van der Waals surface area contributed by atoms with E-state index in [1.807, 2.05) is 0 Å². The van der Waals surface area contributed by atoms with Gasteiger partial charge in [-0.15, -0.1) is 22.7 Å². The molecule has 0 bridgehead atoms. The summed E-state index contributed by atoms with van der Waals surface area (Å²) in [7, 11) is 0. The zero-order valence-electron chi connectivity index (χ0n) is 10.3. The maximum Gasteiger partial charge on any atom is 0.117 e. The third kappa shape index (κ3) is 2.24. The van der Waals surface area contributed by atoms with Crippen LogP contribution < -0.4 is 0 Å². The van der Waals surface area contributed by atoms with Gasteiger partial charge in [0.25, 0.3) is 0 Å². The van der Waals surface area contributed by atoms with Gasteiger partial charge in [0.1, 0.15) is 5.01 Å². The lowest BCUT2D eigenvalue weighted by molar-refractivity contribution is 1.35. The SMILES string of the molecule is Cc1cc2nc(C=Cc3cccs3)sc2cc1C. The molecule has 0 aliphatic heterocycles. The van der Waals surface area contributed by atoms with Crippen molar-refractivity contribution in [3.63, 3.8) is 0 Å². The first-order chi connectivity index (χ1) is 8.72. The Morgan fingerprint density at radius 1 is 1.11 bits per heavy atom. The normalized spacial score (nSPS) is 11.7. The van der Waals surface area contributed by atoms with E-state index in [0.29, 0.717) is 0 Å². The molecule has 18 heavy (non-hydrogen) atoms. The summed E-state index contributed by atoms with van der Waals surface area (Å²) in [5.74, 6) is 0. The van der Waals surface area contributed by atoms with Crippen molar-refractivity contribution in [2.24, 2.45) is 0 Å². The number of nitrogens with zero attached hydrogens (tertiary/aromatic N) is 1. The molecule has 0 unspecified atom stereocenters. The van der Waals surface area contributed by atoms with Crippen LogP contribution in [0, 0.1) is 13.8 Å². The number of aromatic nitrogens is 1. The number of aryl methyl sites for hydroxylation is 2. The van der Waals surface area contributed by atoms with E-state index in [1.165, 1.54) is 20.7 Å². The van der Waals surface area contributed by atoms with Gasteiger partial charge >= 0.3 is 0 Å². The quantitative estimate of drug-likeness (QED) is 0.628. The first-order valence-electron chi connectivity index (χ1n) is 5.82. The fraction of sp³-hybridized carbons (Fsp3) is 0.133. The summed E-state index contributed by atoms with van der Waals surface area (Å²) in [6, 6.07) is 8.58. The van der Waals surface area contributed by atoms with E-state index in [4.69, 9.17) is 0 Å². The summed E-state index contributed by atoms with van der Waals surface area (Å²) in [4.78, 5) is 5.92. The predicted molar refractivity (Wildman–Crippen MR) is 82.3 cm³/mol. The molecular formula is C15H13NS2. The molecule has 0 aliphatic carbocycles. The molecule has 2 heterocycles. The number of rotatable bonds is 2. The Balaban J connectivity index is 1.98. The van der Waals surface area contributed by atoms with Crippen LogP contribution in [0.4, 0.5) is 0 Å². The van der Waals surface area contributed by atoms with Gasteiger partial charge in [0.2, 0.25) is 0 Å².